The molecular formula is C12H14FN5O. The smallest absolute Gasteiger partial charge is 0.244 e. The Morgan fingerprint density at radius 2 is 2.21 bits per heavy atom. The summed E-state index contributed by atoms with van der Waals surface area (Å²) in [6.07, 6.45) is 1.38. The van der Waals surface area contributed by atoms with E-state index in [-0.39, 0.29) is 30.8 Å². The molecule has 0 unspecified atom stereocenters. The van der Waals surface area contributed by atoms with E-state index < -0.39 is 0 Å². The number of hydrogen-bond donors (Lipinski definition) is 1. The number of amides is 1. The van der Waals surface area contributed by atoms with Crippen LogP contribution >= 0.6 is 0 Å². The molecule has 19 heavy (non-hydrogen) atoms. The van der Waals surface area contributed by atoms with Crippen molar-refractivity contribution in [3.8, 4) is 0 Å². The molecule has 1 heterocycles. The third kappa shape index (κ3) is 3.27. The van der Waals surface area contributed by atoms with Crippen molar-refractivity contribution >= 4 is 11.9 Å². The van der Waals surface area contributed by atoms with E-state index in [1.807, 2.05) is 0 Å². The minimum Gasteiger partial charge on any atom is -0.367 e. The minimum absolute atomic E-state index is 0.0230. The Kier molecular flexibility index (Phi) is 3.74. The van der Waals surface area contributed by atoms with Crippen LogP contribution in [0.15, 0.2) is 30.6 Å². The fraction of sp³-hybridized carbons (Fsp3) is 0.250. The van der Waals surface area contributed by atoms with Crippen molar-refractivity contribution in [2.24, 2.45) is 0 Å². The van der Waals surface area contributed by atoms with Crippen LogP contribution in [0.5, 0.6) is 0 Å². The highest BCUT2D eigenvalue weighted by molar-refractivity contribution is 5.75. The van der Waals surface area contributed by atoms with Crippen molar-refractivity contribution < 1.29 is 9.18 Å². The number of likely N-dealkylation sites (N-methyl/N-ethyl adjacent to an activating group) is 1. The standard InChI is InChI=1S/C12H14FN5O/c1-17(6-9-4-2-3-5-10(9)13)11(19)7-18-8-15-12(14)16-18/h2-5,8H,6-7H2,1H3,(H2,14,16). The molecule has 0 spiro atoms. The van der Waals surface area contributed by atoms with Gasteiger partial charge in [0.05, 0.1) is 0 Å². The largest absolute Gasteiger partial charge is 0.367 e. The average molecular weight is 263 g/mol. The van der Waals surface area contributed by atoms with Gasteiger partial charge in [-0.25, -0.2) is 14.1 Å². The highest BCUT2D eigenvalue weighted by atomic mass is 19.1. The predicted molar refractivity (Wildman–Crippen MR) is 67.3 cm³/mol. The second kappa shape index (κ2) is 5.47. The second-order valence-electron chi connectivity index (χ2n) is 4.14. The van der Waals surface area contributed by atoms with Gasteiger partial charge in [0.15, 0.2) is 0 Å². The first-order chi connectivity index (χ1) is 9.06. The lowest BCUT2D eigenvalue weighted by molar-refractivity contribution is -0.131. The fourth-order valence-corrected chi connectivity index (χ4v) is 1.61. The third-order valence-corrected chi connectivity index (χ3v) is 2.64. The summed E-state index contributed by atoms with van der Waals surface area (Å²) in [4.78, 5) is 17.1. The Labute approximate surface area is 109 Å². The van der Waals surface area contributed by atoms with Crippen molar-refractivity contribution in [3.05, 3.63) is 42.0 Å². The van der Waals surface area contributed by atoms with E-state index in [0.717, 1.165) is 0 Å². The molecule has 1 amide bonds. The molecular weight excluding hydrogens is 249 g/mol. The van der Waals surface area contributed by atoms with Crippen molar-refractivity contribution in [1.29, 1.82) is 0 Å². The summed E-state index contributed by atoms with van der Waals surface area (Å²) >= 11 is 0. The van der Waals surface area contributed by atoms with Crippen LogP contribution < -0.4 is 5.73 Å². The number of aromatic nitrogens is 3. The average Bonchev–Trinajstić information content (AvgIpc) is 2.77. The van der Waals surface area contributed by atoms with Gasteiger partial charge in [-0.15, -0.1) is 5.10 Å². The number of nitrogens with two attached hydrogens (primary N) is 1. The normalized spacial score (nSPS) is 10.4. The molecule has 0 aliphatic rings. The molecule has 100 valence electrons. The summed E-state index contributed by atoms with van der Waals surface area (Å²) < 4.78 is 14.8. The Bertz CT molecular complexity index is 583. The molecule has 0 aliphatic heterocycles. The summed E-state index contributed by atoms with van der Waals surface area (Å²) in [6, 6.07) is 6.35. The lowest BCUT2D eigenvalue weighted by atomic mass is 10.2. The maximum atomic E-state index is 13.5. The molecule has 6 nitrogen and oxygen atoms in total. The quantitative estimate of drug-likeness (QED) is 0.879. The lowest BCUT2D eigenvalue weighted by Gasteiger charge is -2.17. The Morgan fingerprint density at radius 1 is 1.47 bits per heavy atom. The molecule has 2 N–H and O–H groups in total. The third-order valence-electron chi connectivity index (χ3n) is 2.64. The van der Waals surface area contributed by atoms with E-state index in [1.165, 1.54) is 22.0 Å². The molecule has 0 atom stereocenters. The second-order valence-corrected chi connectivity index (χ2v) is 4.14. The van der Waals surface area contributed by atoms with Crippen LogP contribution in [0.25, 0.3) is 0 Å². The first-order valence-electron chi connectivity index (χ1n) is 5.68. The maximum absolute atomic E-state index is 13.5. The Morgan fingerprint density at radius 3 is 2.84 bits per heavy atom. The molecule has 2 aromatic rings. The fourth-order valence-electron chi connectivity index (χ4n) is 1.61. The zero-order valence-corrected chi connectivity index (χ0v) is 10.5. The highest BCUT2D eigenvalue weighted by Gasteiger charge is 2.12. The van der Waals surface area contributed by atoms with E-state index in [9.17, 15) is 9.18 Å². The Hall–Kier alpha value is -2.44. The van der Waals surface area contributed by atoms with Gasteiger partial charge in [-0.05, 0) is 6.07 Å². The topological polar surface area (TPSA) is 77.0 Å². The number of benzene rings is 1. The van der Waals surface area contributed by atoms with Crippen LogP contribution in [-0.4, -0.2) is 32.6 Å². The first kappa shape index (κ1) is 13.0. The number of carbonyl (C=O) groups excluding carboxylic acids is 1. The van der Waals surface area contributed by atoms with Gasteiger partial charge < -0.3 is 10.6 Å². The number of carbonyl (C=O) groups is 1. The zero-order valence-electron chi connectivity index (χ0n) is 10.5. The van der Waals surface area contributed by atoms with Gasteiger partial charge in [-0.1, -0.05) is 18.2 Å². The maximum Gasteiger partial charge on any atom is 0.244 e. The number of hydrogen-bond acceptors (Lipinski definition) is 4. The van der Waals surface area contributed by atoms with E-state index in [2.05, 4.69) is 10.1 Å². The molecule has 0 saturated heterocycles. The summed E-state index contributed by atoms with van der Waals surface area (Å²) in [7, 11) is 1.61. The van der Waals surface area contributed by atoms with E-state index in [4.69, 9.17) is 5.73 Å². The van der Waals surface area contributed by atoms with Crippen LogP contribution in [0, 0.1) is 5.82 Å². The summed E-state index contributed by atoms with van der Waals surface area (Å²) in [5.74, 6) is -0.412. The summed E-state index contributed by atoms with van der Waals surface area (Å²) in [6.45, 7) is 0.227. The monoisotopic (exact) mass is 263 g/mol. The van der Waals surface area contributed by atoms with Crippen LogP contribution in [-0.2, 0) is 17.9 Å². The SMILES string of the molecule is CN(Cc1ccccc1F)C(=O)Cn1cnc(N)n1. The molecule has 0 aliphatic carbocycles. The van der Waals surface area contributed by atoms with Gasteiger partial charge in [0.1, 0.15) is 18.7 Å². The van der Waals surface area contributed by atoms with Crippen molar-refractivity contribution in [2.45, 2.75) is 13.1 Å². The molecule has 2 rings (SSSR count). The van der Waals surface area contributed by atoms with Gasteiger partial charge in [0.2, 0.25) is 11.9 Å². The van der Waals surface area contributed by atoms with E-state index >= 15 is 0 Å². The van der Waals surface area contributed by atoms with Gasteiger partial charge in [-0.3, -0.25) is 4.79 Å². The van der Waals surface area contributed by atoms with Crippen molar-refractivity contribution in [1.82, 2.24) is 19.7 Å². The number of halogens is 1. The van der Waals surface area contributed by atoms with Crippen molar-refractivity contribution in [2.75, 3.05) is 12.8 Å². The predicted octanol–water partition coefficient (Wildman–Crippen LogP) is 0.658. The minimum atomic E-state index is -0.327. The van der Waals surface area contributed by atoms with E-state index in [1.54, 1.807) is 25.2 Å². The summed E-state index contributed by atoms with van der Waals surface area (Å²) in [5.41, 5.74) is 5.83. The molecule has 1 aromatic heterocycles. The molecule has 0 radical (unpaired) electrons. The van der Waals surface area contributed by atoms with Gasteiger partial charge in [-0.2, -0.15) is 0 Å². The number of nitrogen functional groups attached to an aromatic ring is 1. The van der Waals surface area contributed by atoms with Crippen molar-refractivity contribution in [3.63, 3.8) is 0 Å². The Balaban J connectivity index is 1.98. The van der Waals surface area contributed by atoms with Gasteiger partial charge in [0.25, 0.3) is 0 Å². The number of nitrogens with zero attached hydrogens (tertiary/aromatic N) is 4. The number of rotatable bonds is 4. The first-order valence-corrected chi connectivity index (χ1v) is 5.68. The highest BCUT2D eigenvalue weighted by Crippen LogP contribution is 2.09. The molecule has 0 fully saturated rings. The zero-order chi connectivity index (χ0) is 13.8. The van der Waals surface area contributed by atoms with Gasteiger partial charge in [0, 0.05) is 19.2 Å². The lowest BCUT2D eigenvalue weighted by Crippen LogP contribution is -2.30. The van der Waals surface area contributed by atoms with Crippen LogP contribution in [0.2, 0.25) is 0 Å². The number of anilines is 1. The molecule has 1 aromatic carbocycles. The molecule has 0 bridgehead atoms. The van der Waals surface area contributed by atoms with Crippen LogP contribution in [0.4, 0.5) is 10.3 Å². The molecule has 0 saturated carbocycles. The molecule has 7 heteroatoms. The summed E-state index contributed by atoms with van der Waals surface area (Å²) in [5, 5.41) is 3.82. The van der Waals surface area contributed by atoms with Crippen LogP contribution in [0.1, 0.15) is 5.56 Å². The van der Waals surface area contributed by atoms with Gasteiger partial charge >= 0.3 is 0 Å². The van der Waals surface area contributed by atoms with E-state index in [0.29, 0.717) is 5.56 Å². The van der Waals surface area contributed by atoms with Crippen LogP contribution in [0.3, 0.4) is 0 Å².